The van der Waals surface area contributed by atoms with Crippen molar-refractivity contribution < 1.29 is 24.8 Å². The molecule has 0 aliphatic carbocycles. The third-order valence-corrected chi connectivity index (χ3v) is 2.40. The van der Waals surface area contributed by atoms with Gasteiger partial charge in [-0.3, -0.25) is 9.69 Å². The molecular weight excluding hydrogens is 242 g/mol. The van der Waals surface area contributed by atoms with Gasteiger partial charge in [-0.15, -0.1) is 0 Å². The van der Waals surface area contributed by atoms with Gasteiger partial charge in [-0.25, -0.2) is 0 Å². The molecule has 0 radical (unpaired) electrons. The van der Waals surface area contributed by atoms with Gasteiger partial charge in [-0.1, -0.05) is 0 Å². The van der Waals surface area contributed by atoms with E-state index >= 15 is 0 Å². The Morgan fingerprint density at radius 2 is 1.78 bits per heavy atom. The SMILES string of the molecule is O=c1cc(CO)oc(CN(CCO)CCO)c1O. The van der Waals surface area contributed by atoms with Crippen molar-refractivity contribution >= 4 is 0 Å². The van der Waals surface area contributed by atoms with E-state index < -0.39 is 17.8 Å². The van der Waals surface area contributed by atoms with Crippen LogP contribution < -0.4 is 5.43 Å². The average molecular weight is 259 g/mol. The van der Waals surface area contributed by atoms with Crippen molar-refractivity contribution in [3.05, 3.63) is 27.8 Å². The second kappa shape index (κ2) is 7.12. The van der Waals surface area contributed by atoms with E-state index in [1.54, 1.807) is 4.90 Å². The van der Waals surface area contributed by atoms with Gasteiger partial charge in [0.2, 0.25) is 11.2 Å². The first kappa shape index (κ1) is 14.7. The predicted octanol–water partition coefficient (Wildman–Crippen LogP) is -1.38. The monoisotopic (exact) mass is 259 g/mol. The molecule has 0 atom stereocenters. The Hall–Kier alpha value is -1.41. The van der Waals surface area contributed by atoms with Gasteiger partial charge >= 0.3 is 0 Å². The zero-order valence-electron chi connectivity index (χ0n) is 9.87. The van der Waals surface area contributed by atoms with Crippen LogP contribution in [-0.4, -0.2) is 51.6 Å². The van der Waals surface area contributed by atoms with Crippen LogP contribution in [0, 0.1) is 0 Å². The van der Waals surface area contributed by atoms with E-state index in [2.05, 4.69) is 0 Å². The highest BCUT2D eigenvalue weighted by Gasteiger charge is 2.14. The van der Waals surface area contributed by atoms with Crippen LogP contribution in [0.15, 0.2) is 15.3 Å². The number of rotatable bonds is 7. The third kappa shape index (κ3) is 3.81. The Labute approximate surface area is 104 Å². The van der Waals surface area contributed by atoms with Crippen molar-refractivity contribution in [1.29, 1.82) is 0 Å². The summed E-state index contributed by atoms with van der Waals surface area (Å²) in [5, 5.41) is 36.2. The van der Waals surface area contributed by atoms with Gasteiger partial charge in [-0.05, 0) is 0 Å². The van der Waals surface area contributed by atoms with Crippen molar-refractivity contribution in [2.45, 2.75) is 13.2 Å². The van der Waals surface area contributed by atoms with Gasteiger partial charge in [0.05, 0.1) is 19.8 Å². The lowest BCUT2D eigenvalue weighted by molar-refractivity contribution is 0.142. The molecule has 0 saturated carbocycles. The molecule has 1 heterocycles. The lowest BCUT2D eigenvalue weighted by atomic mass is 10.3. The number of hydrogen-bond donors (Lipinski definition) is 4. The fourth-order valence-corrected chi connectivity index (χ4v) is 1.53. The van der Waals surface area contributed by atoms with Crippen LogP contribution >= 0.6 is 0 Å². The predicted molar refractivity (Wildman–Crippen MR) is 62.0 cm³/mol. The lowest BCUT2D eigenvalue weighted by Gasteiger charge is -2.19. The highest BCUT2D eigenvalue weighted by molar-refractivity contribution is 5.24. The number of aromatic hydroxyl groups is 1. The summed E-state index contributed by atoms with van der Waals surface area (Å²) in [5.41, 5.74) is -0.631. The minimum Gasteiger partial charge on any atom is -0.502 e. The zero-order chi connectivity index (χ0) is 13.5. The van der Waals surface area contributed by atoms with E-state index in [4.69, 9.17) is 19.7 Å². The highest BCUT2D eigenvalue weighted by atomic mass is 16.4. The number of hydrogen-bond acceptors (Lipinski definition) is 7. The quantitative estimate of drug-likeness (QED) is 0.477. The average Bonchev–Trinajstić information content (AvgIpc) is 2.35. The number of nitrogens with zero attached hydrogens (tertiary/aromatic N) is 1. The summed E-state index contributed by atoms with van der Waals surface area (Å²) in [7, 11) is 0. The first-order valence-corrected chi connectivity index (χ1v) is 5.52. The van der Waals surface area contributed by atoms with Crippen LogP contribution in [0.3, 0.4) is 0 Å². The van der Waals surface area contributed by atoms with Crippen LogP contribution in [-0.2, 0) is 13.2 Å². The molecule has 0 saturated heterocycles. The molecule has 0 aromatic carbocycles. The molecular formula is C11H17NO6. The van der Waals surface area contributed by atoms with Crippen LogP contribution in [0.2, 0.25) is 0 Å². The molecule has 4 N–H and O–H groups in total. The summed E-state index contributed by atoms with van der Waals surface area (Å²) < 4.78 is 5.16. The van der Waals surface area contributed by atoms with Crippen LogP contribution in [0.25, 0.3) is 0 Å². The Kier molecular flexibility index (Phi) is 5.79. The molecule has 0 aliphatic rings. The van der Waals surface area contributed by atoms with Crippen molar-refractivity contribution in [1.82, 2.24) is 4.90 Å². The molecule has 1 aromatic rings. The van der Waals surface area contributed by atoms with Crippen LogP contribution in [0.4, 0.5) is 0 Å². The molecule has 102 valence electrons. The maximum absolute atomic E-state index is 11.4. The molecule has 1 rings (SSSR count). The molecule has 7 nitrogen and oxygen atoms in total. The standard InChI is InChI=1S/C11H17NO6/c13-3-1-12(2-4-14)6-10-11(17)9(16)5-8(7-15)18-10/h5,13-15,17H,1-4,6-7H2. The van der Waals surface area contributed by atoms with Crippen molar-refractivity contribution in [3.8, 4) is 5.75 Å². The Morgan fingerprint density at radius 3 is 2.28 bits per heavy atom. The fourth-order valence-electron chi connectivity index (χ4n) is 1.53. The van der Waals surface area contributed by atoms with Gasteiger partial charge in [0.1, 0.15) is 12.4 Å². The van der Waals surface area contributed by atoms with Gasteiger partial charge < -0.3 is 24.8 Å². The van der Waals surface area contributed by atoms with Crippen molar-refractivity contribution in [2.75, 3.05) is 26.3 Å². The first-order valence-electron chi connectivity index (χ1n) is 5.52. The summed E-state index contributed by atoms with van der Waals surface area (Å²) in [6, 6.07) is 1.02. The maximum Gasteiger partial charge on any atom is 0.227 e. The molecule has 0 amide bonds. The second-order valence-electron chi connectivity index (χ2n) is 3.73. The molecule has 0 spiro atoms. The molecule has 18 heavy (non-hydrogen) atoms. The Balaban J connectivity index is 2.93. The van der Waals surface area contributed by atoms with E-state index in [9.17, 15) is 9.90 Å². The largest absolute Gasteiger partial charge is 0.502 e. The third-order valence-electron chi connectivity index (χ3n) is 2.40. The van der Waals surface area contributed by atoms with E-state index in [0.29, 0.717) is 0 Å². The minimum atomic E-state index is -0.631. The van der Waals surface area contributed by atoms with Crippen LogP contribution in [0.1, 0.15) is 11.5 Å². The van der Waals surface area contributed by atoms with E-state index in [0.717, 1.165) is 6.07 Å². The summed E-state index contributed by atoms with van der Waals surface area (Å²) in [6.45, 7) is -0.0753. The van der Waals surface area contributed by atoms with Gasteiger partial charge in [0, 0.05) is 19.2 Å². The molecule has 0 bridgehead atoms. The van der Waals surface area contributed by atoms with Crippen molar-refractivity contribution in [2.24, 2.45) is 0 Å². The molecule has 7 heteroatoms. The molecule has 0 aliphatic heterocycles. The summed E-state index contributed by atoms with van der Waals surface area (Å²) in [5.74, 6) is -0.456. The summed E-state index contributed by atoms with van der Waals surface area (Å²) in [6.07, 6.45) is 0. The van der Waals surface area contributed by atoms with E-state index in [-0.39, 0.29) is 44.4 Å². The van der Waals surface area contributed by atoms with Crippen LogP contribution in [0.5, 0.6) is 5.75 Å². The molecule has 1 aromatic heterocycles. The van der Waals surface area contributed by atoms with Gasteiger partial charge in [0.25, 0.3) is 0 Å². The Morgan fingerprint density at radius 1 is 1.17 bits per heavy atom. The summed E-state index contributed by atoms with van der Waals surface area (Å²) >= 11 is 0. The molecule has 0 fully saturated rings. The number of aliphatic hydroxyl groups excluding tert-OH is 3. The lowest BCUT2D eigenvalue weighted by Crippen LogP contribution is -2.29. The van der Waals surface area contributed by atoms with E-state index in [1.807, 2.05) is 0 Å². The zero-order valence-corrected chi connectivity index (χ0v) is 9.87. The minimum absolute atomic E-state index is 0.00782. The van der Waals surface area contributed by atoms with E-state index in [1.165, 1.54) is 0 Å². The van der Waals surface area contributed by atoms with Gasteiger partial charge in [-0.2, -0.15) is 0 Å². The highest BCUT2D eigenvalue weighted by Crippen LogP contribution is 2.16. The Bertz CT molecular complexity index is 424. The fraction of sp³-hybridized carbons (Fsp3) is 0.545. The summed E-state index contributed by atoms with van der Waals surface area (Å²) in [4.78, 5) is 13.0. The van der Waals surface area contributed by atoms with Crippen molar-refractivity contribution in [3.63, 3.8) is 0 Å². The maximum atomic E-state index is 11.4. The topological polar surface area (TPSA) is 114 Å². The normalized spacial score (nSPS) is 11.1. The smallest absolute Gasteiger partial charge is 0.227 e. The molecule has 0 unspecified atom stereocenters. The number of aliphatic hydroxyl groups is 3. The van der Waals surface area contributed by atoms with Gasteiger partial charge in [0.15, 0.2) is 5.76 Å². The second-order valence-corrected chi connectivity index (χ2v) is 3.73. The first-order chi connectivity index (χ1) is 8.62.